The summed E-state index contributed by atoms with van der Waals surface area (Å²) >= 11 is -1.03. The fourth-order valence-corrected chi connectivity index (χ4v) is 4.24. The monoisotopic (exact) mass is 258 g/mol. The highest BCUT2D eigenvalue weighted by molar-refractivity contribution is 7.80. The highest BCUT2D eigenvalue weighted by Crippen LogP contribution is 2.30. The molecule has 0 aromatic rings. The lowest BCUT2D eigenvalue weighted by Gasteiger charge is -2.29. The average Bonchev–Trinajstić information content (AvgIpc) is 2.33. The van der Waals surface area contributed by atoms with Crippen molar-refractivity contribution in [3.05, 3.63) is 0 Å². The molecule has 0 bridgehead atoms. The van der Waals surface area contributed by atoms with E-state index in [-0.39, 0.29) is 6.10 Å². The van der Waals surface area contributed by atoms with Gasteiger partial charge in [0, 0.05) is 0 Å². The van der Waals surface area contributed by atoms with Crippen LogP contribution in [-0.2, 0) is 15.3 Å². The highest BCUT2D eigenvalue weighted by Gasteiger charge is 2.27. The third-order valence-electron chi connectivity index (χ3n) is 4.43. The van der Waals surface area contributed by atoms with Crippen molar-refractivity contribution < 1.29 is 8.39 Å². The van der Waals surface area contributed by atoms with Crippen molar-refractivity contribution >= 4 is 11.1 Å². The van der Waals surface area contributed by atoms with Crippen LogP contribution in [0.2, 0.25) is 0 Å². The van der Waals surface area contributed by atoms with Gasteiger partial charge in [0.1, 0.15) is 0 Å². The Balaban J connectivity index is 1.73. The van der Waals surface area contributed by atoms with Gasteiger partial charge in [-0.25, -0.2) is 4.21 Å². The molecular formula is C14H26O2S. The number of rotatable bonds is 3. The Morgan fingerprint density at radius 2 is 1.29 bits per heavy atom. The molecule has 2 fully saturated rings. The van der Waals surface area contributed by atoms with Crippen molar-refractivity contribution in [3.63, 3.8) is 0 Å². The smallest absolute Gasteiger partial charge is 0.158 e. The third kappa shape index (κ3) is 4.06. The van der Waals surface area contributed by atoms with Crippen molar-refractivity contribution in [3.8, 4) is 0 Å². The lowest BCUT2D eigenvalue weighted by atomic mass is 9.89. The molecule has 0 N–H and O–H groups in total. The molecule has 0 heterocycles. The first-order chi connectivity index (χ1) is 8.15. The number of hydrogen-bond donors (Lipinski definition) is 0. The lowest BCUT2D eigenvalue weighted by molar-refractivity contribution is 0.148. The summed E-state index contributed by atoms with van der Waals surface area (Å²) in [6, 6.07) is 0. The molecule has 0 aliphatic heterocycles. The second kappa shape index (κ2) is 6.33. The Kier molecular flexibility index (Phi) is 5.04. The largest absolute Gasteiger partial charge is 0.287 e. The minimum atomic E-state index is -1.03. The van der Waals surface area contributed by atoms with E-state index in [1.54, 1.807) is 0 Å². The van der Waals surface area contributed by atoms with Crippen molar-refractivity contribution in [2.75, 3.05) is 0 Å². The molecule has 0 radical (unpaired) electrons. The summed E-state index contributed by atoms with van der Waals surface area (Å²) in [7, 11) is 0. The van der Waals surface area contributed by atoms with Gasteiger partial charge in [0.2, 0.25) is 0 Å². The molecule has 17 heavy (non-hydrogen) atoms. The molecule has 0 spiro atoms. The molecule has 0 saturated heterocycles. The van der Waals surface area contributed by atoms with Crippen LogP contribution < -0.4 is 0 Å². The zero-order valence-corrected chi connectivity index (χ0v) is 12.0. The first-order valence-electron chi connectivity index (χ1n) is 7.23. The van der Waals surface area contributed by atoms with E-state index in [1.807, 2.05) is 0 Å². The molecule has 0 aromatic carbocycles. The van der Waals surface area contributed by atoms with E-state index in [2.05, 4.69) is 13.8 Å². The third-order valence-corrected chi connectivity index (χ3v) is 5.91. The molecule has 2 aliphatic rings. The van der Waals surface area contributed by atoms with Gasteiger partial charge in [-0.3, -0.25) is 4.18 Å². The maximum atomic E-state index is 12.1. The van der Waals surface area contributed by atoms with Gasteiger partial charge in [-0.1, -0.05) is 13.8 Å². The highest BCUT2D eigenvalue weighted by atomic mass is 32.2. The first kappa shape index (κ1) is 13.5. The summed E-state index contributed by atoms with van der Waals surface area (Å²) in [6.07, 6.45) is 9.60. The summed E-state index contributed by atoms with van der Waals surface area (Å²) in [5.74, 6) is 1.65. The van der Waals surface area contributed by atoms with Crippen molar-refractivity contribution in [1.82, 2.24) is 0 Å². The van der Waals surface area contributed by atoms with Crippen LogP contribution in [0.5, 0.6) is 0 Å². The Bertz CT molecular complexity index is 251. The SMILES string of the molecule is CC1CCC(OS(=O)C2CCC(C)CC2)CC1. The predicted molar refractivity (Wildman–Crippen MR) is 72.1 cm³/mol. The van der Waals surface area contributed by atoms with Gasteiger partial charge in [-0.15, -0.1) is 0 Å². The van der Waals surface area contributed by atoms with Crippen molar-refractivity contribution in [2.45, 2.75) is 76.6 Å². The zero-order valence-electron chi connectivity index (χ0n) is 11.2. The van der Waals surface area contributed by atoms with E-state index in [9.17, 15) is 4.21 Å². The standard InChI is InChI=1S/C14H26O2S/c1-11-3-7-13(8-4-11)16-17(15)14-9-5-12(2)6-10-14/h11-14H,3-10H2,1-2H3. The van der Waals surface area contributed by atoms with Crippen LogP contribution in [0.1, 0.15) is 65.2 Å². The molecule has 3 heteroatoms. The van der Waals surface area contributed by atoms with Gasteiger partial charge in [0.05, 0.1) is 11.4 Å². The van der Waals surface area contributed by atoms with Crippen LogP contribution in [0.15, 0.2) is 0 Å². The normalized spacial score (nSPS) is 41.1. The molecule has 2 nitrogen and oxygen atoms in total. The molecule has 0 aromatic heterocycles. The van der Waals surface area contributed by atoms with Crippen LogP contribution in [0.4, 0.5) is 0 Å². The van der Waals surface area contributed by atoms with Crippen LogP contribution in [0.25, 0.3) is 0 Å². The molecular weight excluding hydrogens is 232 g/mol. The minimum Gasteiger partial charge on any atom is -0.287 e. The molecule has 100 valence electrons. The van der Waals surface area contributed by atoms with E-state index in [0.29, 0.717) is 5.25 Å². The summed E-state index contributed by atoms with van der Waals surface area (Å²) in [6.45, 7) is 4.60. The van der Waals surface area contributed by atoms with Gasteiger partial charge in [0.15, 0.2) is 11.1 Å². The van der Waals surface area contributed by atoms with Crippen LogP contribution >= 0.6 is 0 Å². The maximum Gasteiger partial charge on any atom is 0.158 e. The average molecular weight is 258 g/mol. The zero-order chi connectivity index (χ0) is 12.3. The van der Waals surface area contributed by atoms with Crippen LogP contribution in [0.3, 0.4) is 0 Å². The molecule has 2 aliphatic carbocycles. The van der Waals surface area contributed by atoms with Gasteiger partial charge in [0.25, 0.3) is 0 Å². The van der Waals surface area contributed by atoms with Gasteiger partial charge >= 0.3 is 0 Å². The van der Waals surface area contributed by atoms with Gasteiger partial charge < -0.3 is 0 Å². The summed E-state index contributed by atoms with van der Waals surface area (Å²) in [5.41, 5.74) is 0. The van der Waals surface area contributed by atoms with Crippen molar-refractivity contribution in [2.24, 2.45) is 11.8 Å². The van der Waals surface area contributed by atoms with Gasteiger partial charge in [-0.05, 0) is 63.2 Å². The van der Waals surface area contributed by atoms with Crippen LogP contribution in [0, 0.1) is 11.8 Å². The molecule has 2 saturated carbocycles. The van der Waals surface area contributed by atoms with Crippen LogP contribution in [-0.4, -0.2) is 15.6 Å². The fraction of sp³-hybridized carbons (Fsp3) is 1.00. The van der Waals surface area contributed by atoms with Gasteiger partial charge in [-0.2, -0.15) is 0 Å². The molecule has 2 rings (SSSR count). The quantitative estimate of drug-likeness (QED) is 0.769. The Labute approximate surface area is 108 Å². The van der Waals surface area contributed by atoms with E-state index in [0.717, 1.165) is 37.5 Å². The summed E-state index contributed by atoms with van der Waals surface area (Å²) in [5, 5.41) is 0.311. The van der Waals surface area contributed by atoms with E-state index >= 15 is 0 Å². The lowest BCUT2D eigenvalue weighted by Crippen LogP contribution is -2.28. The molecule has 0 amide bonds. The van der Waals surface area contributed by atoms with E-state index in [4.69, 9.17) is 4.18 Å². The maximum absolute atomic E-state index is 12.1. The van der Waals surface area contributed by atoms with E-state index < -0.39 is 11.1 Å². The predicted octanol–water partition coefficient (Wildman–Crippen LogP) is 3.82. The fourth-order valence-electron chi connectivity index (χ4n) is 2.96. The Morgan fingerprint density at radius 1 is 0.824 bits per heavy atom. The molecule has 1 unspecified atom stereocenters. The molecule has 1 atom stereocenters. The number of hydrogen-bond acceptors (Lipinski definition) is 2. The summed E-state index contributed by atoms with van der Waals surface area (Å²) < 4.78 is 17.9. The second-order valence-corrected chi connectivity index (χ2v) is 7.50. The first-order valence-corrected chi connectivity index (χ1v) is 8.36. The van der Waals surface area contributed by atoms with Crippen molar-refractivity contribution in [1.29, 1.82) is 0 Å². The second-order valence-electron chi connectivity index (χ2n) is 6.12. The topological polar surface area (TPSA) is 26.3 Å². The summed E-state index contributed by atoms with van der Waals surface area (Å²) in [4.78, 5) is 0. The Morgan fingerprint density at radius 3 is 1.82 bits per heavy atom. The van der Waals surface area contributed by atoms with E-state index in [1.165, 1.54) is 25.7 Å². The Hall–Kier alpha value is 0.110. The minimum absolute atomic E-state index is 0.270.